The fourth-order valence-corrected chi connectivity index (χ4v) is 4.62. The summed E-state index contributed by atoms with van der Waals surface area (Å²) in [5.41, 5.74) is 7.47. The molecule has 0 aromatic rings. The molecule has 4 nitrogen and oxygen atoms in total. The Morgan fingerprint density at radius 2 is 2.05 bits per heavy atom. The van der Waals surface area contributed by atoms with Crippen molar-refractivity contribution in [2.24, 2.45) is 23.5 Å². The number of likely N-dealkylation sites (tertiary alicyclic amines) is 1. The Kier molecular flexibility index (Phi) is 2.62. The first-order valence-corrected chi connectivity index (χ1v) is 7.60. The molecule has 4 aliphatic carbocycles. The van der Waals surface area contributed by atoms with Crippen LogP contribution in [0, 0.1) is 17.8 Å². The SMILES string of the molecule is N[C@@H]1CCN(C(=O)OC2C3CC4=CC(C3)CC2C4)C1. The van der Waals surface area contributed by atoms with Gasteiger partial charge in [-0.05, 0) is 38.0 Å². The average molecular weight is 262 g/mol. The number of ether oxygens (including phenoxy) is 1. The minimum atomic E-state index is -0.126. The molecule has 1 aliphatic heterocycles. The van der Waals surface area contributed by atoms with E-state index in [0.717, 1.165) is 31.7 Å². The van der Waals surface area contributed by atoms with Crippen molar-refractivity contribution >= 4 is 6.09 Å². The number of hydrogen-bond donors (Lipinski definition) is 1. The highest BCUT2D eigenvalue weighted by molar-refractivity contribution is 5.68. The van der Waals surface area contributed by atoms with Crippen LogP contribution in [0.1, 0.15) is 32.1 Å². The molecule has 1 amide bonds. The van der Waals surface area contributed by atoms with E-state index in [4.69, 9.17) is 10.5 Å². The van der Waals surface area contributed by atoms with E-state index >= 15 is 0 Å². The number of hydrogen-bond acceptors (Lipinski definition) is 3. The van der Waals surface area contributed by atoms with Gasteiger partial charge in [0.05, 0.1) is 0 Å². The summed E-state index contributed by atoms with van der Waals surface area (Å²) in [4.78, 5) is 14.0. The van der Waals surface area contributed by atoms with Gasteiger partial charge in [-0.15, -0.1) is 0 Å². The summed E-state index contributed by atoms with van der Waals surface area (Å²) in [7, 11) is 0. The number of rotatable bonds is 1. The van der Waals surface area contributed by atoms with E-state index in [0.29, 0.717) is 18.4 Å². The van der Waals surface area contributed by atoms with Crippen molar-refractivity contribution in [3.63, 3.8) is 0 Å². The lowest BCUT2D eigenvalue weighted by molar-refractivity contribution is -0.0432. The Balaban J connectivity index is 1.43. The number of nitrogens with zero attached hydrogens (tertiary/aromatic N) is 1. The quantitative estimate of drug-likeness (QED) is 0.734. The molecule has 5 aliphatic rings. The zero-order valence-corrected chi connectivity index (χ0v) is 11.3. The zero-order valence-electron chi connectivity index (χ0n) is 11.3. The Morgan fingerprint density at radius 1 is 1.32 bits per heavy atom. The van der Waals surface area contributed by atoms with Crippen LogP contribution in [0.3, 0.4) is 0 Å². The molecule has 3 atom stereocenters. The van der Waals surface area contributed by atoms with Gasteiger partial charge in [0.2, 0.25) is 0 Å². The third kappa shape index (κ3) is 1.97. The molecule has 1 heterocycles. The smallest absolute Gasteiger partial charge is 0.410 e. The van der Waals surface area contributed by atoms with Gasteiger partial charge in [0.25, 0.3) is 0 Å². The summed E-state index contributed by atoms with van der Waals surface area (Å²) in [6.07, 6.45) is 8.17. The highest BCUT2D eigenvalue weighted by Crippen LogP contribution is 2.51. The van der Waals surface area contributed by atoms with Crippen molar-refractivity contribution in [3.8, 4) is 0 Å². The minimum absolute atomic E-state index is 0.126. The second-order valence-electron chi connectivity index (χ2n) is 6.83. The summed E-state index contributed by atoms with van der Waals surface area (Å²) >= 11 is 0. The van der Waals surface area contributed by atoms with Crippen LogP contribution in [-0.2, 0) is 4.74 Å². The largest absolute Gasteiger partial charge is 0.445 e. The first kappa shape index (κ1) is 11.8. The Hall–Kier alpha value is -1.03. The van der Waals surface area contributed by atoms with Gasteiger partial charge >= 0.3 is 6.09 Å². The Bertz CT molecular complexity index is 416. The third-order valence-corrected chi connectivity index (χ3v) is 5.38. The van der Waals surface area contributed by atoms with Crippen molar-refractivity contribution < 1.29 is 9.53 Å². The molecule has 19 heavy (non-hydrogen) atoms. The van der Waals surface area contributed by atoms with Gasteiger partial charge in [-0.1, -0.05) is 11.6 Å². The van der Waals surface area contributed by atoms with Crippen LogP contribution in [0.2, 0.25) is 0 Å². The van der Waals surface area contributed by atoms with Crippen LogP contribution in [0.5, 0.6) is 0 Å². The highest BCUT2D eigenvalue weighted by atomic mass is 16.6. The predicted octanol–water partition coefficient (Wildman–Crippen LogP) is 1.90. The van der Waals surface area contributed by atoms with Crippen molar-refractivity contribution in [2.45, 2.75) is 44.2 Å². The second-order valence-corrected chi connectivity index (χ2v) is 6.83. The van der Waals surface area contributed by atoms with Crippen molar-refractivity contribution in [1.82, 2.24) is 4.90 Å². The lowest BCUT2D eigenvalue weighted by Gasteiger charge is -2.49. The summed E-state index contributed by atoms with van der Waals surface area (Å²) in [5, 5.41) is 0. The van der Waals surface area contributed by atoms with E-state index in [9.17, 15) is 4.79 Å². The van der Waals surface area contributed by atoms with Gasteiger partial charge < -0.3 is 15.4 Å². The maximum Gasteiger partial charge on any atom is 0.410 e. The fourth-order valence-electron chi connectivity index (χ4n) is 4.62. The van der Waals surface area contributed by atoms with Gasteiger partial charge in [-0.2, -0.15) is 0 Å². The Morgan fingerprint density at radius 3 is 2.63 bits per heavy atom. The van der Waals surface area contributed by atoms with E-state index in [2.05, 4.69) is 6.08 Å². The minimum Gasteiger partial charge on any atom is -0.445 e. The van der Waals surface area contributed by atoms with Gasteiger partial charge in [-0.3, -0.25) is 0 Å². The summed E-state index contributed by atoms with van der Waals surface area (Å²) in [5.74, 6) is 1.93. The van der Waals surface area contributed by atoms with Crippen LogP contribution in [0.15, 0.2) is 11.6 Å². The molecule has 3 fully saturated rings. The molecular weight excluding hydrogens is 240 g/mol. The fraction of sp³-hybridized carbons (Fsp3) is 0.800. The van der Waals surface area contributed by atoms with Crippen molar-refractivity contribution in [3.05, 3.63) is 11.6 Å². The zero-order chi connectivity index (χ0) is 13.0. The molecule has 4 bridgehead atoms. The summed E-state index contributed by atoms with van der Waals surface area (Å²) in [6.45, 7) is 1.42. The lowest BCUT2D eigenvalue weighted by Crippen LogP contribution is -2.48. The van der Waals surface area contributed by atoms with Gasteiger partial charge in [-0.25, -0.2) is 4.79 Å². The number of carbonyl (C=O) groups excluding carboxylic acids is 1. The van der Waals surface area contributed by atoms with E-state index in [-0.39, 0.29) is 18.2 Å². The number of amides is 1. The topological polar surface area (TPSA) is 55.6 Å². The van der Waals surface area contributed by atoms with E-state index in [1.807, 2.05) is 0 Å². The number of allylic oxidation sites excluding steroid dienone is 2. The van der Waals surface area contributed by atoms with Crippen LogP contribution in [-0.4, -0.2) is 36.2 Å². The molecule has 2 N–H and O–H groups in total. The second kappa shape index (κ2) is 4.23. The van der Waals surface area contributed by atoms with E-state index < -0.39 is 0 Å². The molecule has 0 aromatic carbocycles. The first-order chi connectivity index (χ1) is 9.19. The molecule has 0 spiro atoms. The monoisotopic (exact) mass is 262 g/mol. The van der Waals surface area contributed by atoms with E-state index in [1.165, 1.54) is 12.8 Å². The molecule has 2 unspecified atom stereocenters. The summed E-state index contributed by atoms with van der Waals surface area (Å²) < 4.78 is 5.86. The van der Waals surface area contributed by atoms with Crippen molar-refractivity contribution in [2.75, 3.05) is 13.1 Å². The molecule has 5 rings (SSSR count). The normalized spacial score (nSPS) is 43.5. The van der Waals surface area contributed by atoms with Crippen molar-refractivity contribution in [1.29, 1.82) is 0 Å². The third-order valence-electron chi connectivity index (χ3n) is 5.38. The number of nitrogens with two attached hydrogens (primary N) is 1. The molecule has 104 valence electrons. The predicted molar refractivity (Wildman–Crippen MR) is 71.5 cm³/mol. The molecule has 1 saturated heterocycles. The maximum atomic E-state index is 12.2. The molecule has 2 saturated carbocycles. The van der Waals surface area contributed by atoms with Crippen LogP contribution in [0.4, 0.5) is 4.79 Å². The van der Waals surface area contributed by atoms with Crippen LogP contribution >= 0.6 is 0 Å². The van der Waals surface area contributed by atoms with E-state index in [1.54, 1.807) is 10.5 Å². The molecule has 0 aromatic heterocycles. The summed E-state index contributed by atoms with van der Waals surface area (Å²) in [6, 6.07) is 0.135. The Labute approximate surface area is 114 Å². The molecule has 4 heteroatoms. The van der Waals surface area contributed by atoms with Gasteiger partial charge in [0.15, 0.2) is 0 Å². The lowest BCUT2D eigenvalue weighted by atomic mass is 9.60. The van der Waals surface area contributed by atoms with Gasteiger partial charge in [0, 0.05) is 31.0 Å². The average Bonchev–Trinajstić information content (AvgIpc) is 2.79. The maximum absolute atomic E-state index is 12.2. The number of carbonyl (C=O) groups is 1. The highest BCUT2D eigenvalue weighted by Gasteiger charge is 2.47. The molecular formula is C15H22N2O2. The standard InChI is InChI=1S/C15H22N2O2/c16-13-1-2-17(8-13)15(18)19-14-11-4-9-3-10(6-11)7-12(14)5-9/h3,9,11-14H,1-2,4-8,16H2/t9?,11?,12?,13-,14?/m1/s1. The van der Waals surface area contributed by atoms with Gasteiger partial charge in [0.1, 0.15) is 6.10 Å². The van der Waals surface area contributed by atoms with Crippen LogP contribution < -0.4 is 5.73 Å². The molecule has 0 radical (unpaired) electrons. The van der Waals surface area contributed by atoms with Crippen LogP contribution in [0.25, 0.3) is 0 Å². The first-order valence-electron chi connectivity index (χ1n) is 7.60.